The number of benzene rings is 1. The Morgan fingerprint density at radius 3 is 2.80 bits per heavy atom. The van der Waals surface area contributed by atoms with Crippen LogP contribution in [0.4, 0.5) is 22.1 Å². The molecule has 2 aromatic heterocycles. The third kappa shape index (κ3) is 4.20. The smallest absolute Gasteiger partial charge is 0.330 e. The molecule has 0 saturated carbocycles. The molecule has 0 spiro atoms. The molecule has 0 atom stereocenters. The lowest BCUT2D eigenvalue weighted by atomic mass is 10.2. The number of nitrogens with zero attached hydrogens (tertiary/aromatic N) is 3. The van der Waals surface area contributed by atoms with E-state index < -0.39 is 6.03 Å². The summed E-state index contributed by atoms with van der Waals surface area (Å²) in [5.41, 5.74) is 14.3. The molecular weight excluding hydrogens is 318 g/mol. The maximum atomic E-state index is 10.8. The number of carbonyl (C=O) groups is 1. The summed E-state index contributed by atoms with van der Waals surface area (Å²) < 4.78 is 0. The molecule has 3 rings (SSSR count). The van der Waals surface area contributed by atoms with Crippen molar-refractivity contribution in [2.75, 3.05) is 10.7 Å². The molecule has 0 radical (unpaired) electrons. The highest BCUT2D eigenvalue weighted by Gasteiger charge is 2.06. The van der Waals surface area contributed by atoms with Gasteiger partial charge in [0.25, 0.3) is 0 Å². The van der Waals surface area contributed by atoms with Crippen molar-refractivity contribution in [3.05, 3.63) is 60.6 Å². The van der Waals surface area contributed by atoms with Crippen molar-refractivity contribution in [1.29, 1.82) is 0 Å². The molecule has 8 nitrogen and oxygen atoms in total. The molecule has 1 aromatic carbocycles. The van der Waals surface area contributed by atoms with Gasteiger partial charge in [0, 0.05) is 29.8 Å². The van der Waals surface area contributed by atoms with Crippen LogP contribution in [-0.2, 0) is 0 Å². The third-order valence-corrected chi connectivity index (χ3v) is 3.43. The van der Waals surface area contributed by atoms with E-state index in [9.17, 15) is 4.79 Å². The Hall–Kier alpha value is -3.68. The Bertz CT molecular complexity index is 883. The molecule has 25 heavy (non-hydrogen) atoms. The van der Waals surface area contributed by atoms with Crippen LogP contribution in [0.25, 0.3) is 11.3 Å². The standard InChI is InChI=1S/C17H17N7O/c1-11-4-5-13(23-24-16(18)25)9-15(11)22-17-20-8-6-14(21-17)12-3-2-7-19-10-12/h2-10,23H,1H3,(H3,18,24,25)(H,20,21,22). The van der Waals surface area contributed by atoms with Crippen LogP contribution in [0.1, 0.15) is 5.56 Å². The van der Waals surface area contributed by atoms with Gasteiger partial charge in [-0.2, -0.15) is 0 Å². The lowest BCUT2D eigenvalue weighted by Gasteiger charge is -2.12. The van der Waals surface area contributed by atoms with Crippen LogP contribution < -0.4 is 21.9 Å². The highest BCUT2D eigenvalue weighted by Crippen LogP contribution is 2.23. The molecule has 2 amide bonds. The Kier molecular flexibility index (Phi) is 4.70. The number of aromatic nitrogens is 3. The number of carbonyl (C=O) groups excluding carboxylic acids is 1. The van der Waals surface area contributed by atoms with Crippen molar-refractivity contribution in [3.8, 4) is 11.3 Å². The SMILES string of the molecule is Cc1ccc(NNC(N)=O)cc1Nc1nccc(-c2cccnc2)n1. The van der Waals surface area contributed by atoms with Crippen LogP contribution in [-0.4, -0.2) is 21.0 Å². The van der Waals surface area contributed by atoms with Crippen LogP contribution in [0.5, 0.6) is 0 Å². The van der Waals surface area contributed by atoms with Gasteiger partial charge in [0.15, 0.2) is 0 Å². The minimum atomic E-state index is -0.664. The van der Waals surface area contributed by atoms with Crippen LogP contribution >= 0.6 is 0 Å². The summed E-state index contributed by atoms with van der Waals surface area (Å²) in [6.45, 7) is 1.96. The number of nitrogens with two attached hydrogens (primary N) is 1. The number of hydrogen-bond acceptors (Lipinski definition) is 6. The zero-order valence-electron chi connectivity index (χ0n) is 13.5. The van der Waals surface area contributed by atoms with E-state index in [-0.39, 0.29) is 0 Å². The number of primary amides is 1. The molecule has 3 aromatic rings. The van der Waals surface area contributed by atoms with Gasteiger partial charge in [-0.15, -0.1) is 0 Å². The minimum absolute atomic E-state index is 0.462. The first-order valence-electron chi connectivity index (χ1n) is 7.54. The Morgan fingerprint density at radius 2 is 2.04 bits per heavy atom. The maximum Gasteiger partial charge on any atom is 0.330 e. The fraction of sp³-hybridized carbons (Fsp3) is 0.0588. The molecule has 0 bridgehead atoms. The second-order valence-electron chi connectivity index (χ2n) is 5.28. The third-order valence-electron chi connectivity index (χ3n) is 3.43. The fourth-order valence-corrected chi connectivity index (χ4v) is 2.18. The minimum Gasteiger partial charge on any atom is -0.350 e. The molecule has 2 heterocycles. The fourth-order valence-electron chi connectivity index (χ4n) is 2.18. The molecular formula is C17H17N7O. The maximum absolute atomic E-state index is 10.8. The number of amides is 2. The lowest BCUT2D eigenvalue weighted by molar-refractivity contribution is 0.250. The molecule has 0 saturated heterocycles. The van der Waals surface area contributed by atoms with Gasteiger partial charge in [0.05, 0.1) is 11.4 Å². The van der Waals surface area contributed by atoms with E-state index in [4.69, 9.17) is 5.73 Å². The highest BCUT2D eigenvalue weighted by atomic mass is 16.2. The van der Waals surface area contributed by atoms with Crippen molar-refractivity contribution in [3.63, 3.8) is 0 Å². The van der Waals surface area contributed by atoms with E-state index in [0.29, 0.717) is 11.6 Å². The number of aryl methyl sites for hydroxylation is 1. The predicted molar refractivity (Wildman–Crippen MR) is 96.1 cm³/mol. The van der Waals surface area contributed by atoms with Gasteiger partial charge in [-0.25, -0.2) is 14.8 Å². The molecule has 0 aliphatic heterocycles. The van der Waals surface area contributed by atoms with Crippen molar-refractivity contribution in [2.24, 2.45) is 5.73 Å². The number of hydrazine groups is 1. The summed E-state index contributed by atoms with van der Waals surface area (Å²) in [5, 5.41) is 3.18. The average Bonchev–Trinajstić information content (AvgIpc) is 2.63. The number of hydrogen-bond donors (Lipinski definition) is 4. The average molecular weight is 335 g/mol. The number of pyridine rings is 1. The molecule has 0 fully saturated rings. The number of urea groups is 1. The van der Waals surface area contributed by atoms with Crippen LogP contribution in [0.2, 0.25) is 0 Å². The van der Waals surface area contributed by atoms with Crippen molar-refractivity contribution in [2.45, 2.75) is 6.92 Å². The Labute approximate surface area is 144 Å². The molecule has 0 aliphatic carbocycles. The van der Waals surface area contributed by atoms with Crippen molar-refractivity contribution in [1.82, 2.24) is 20.4 Å². The molecule has 5 N–H and O–H groups in total. The van der Waals surface area contributed by atoms with Crippen LogP contribution in [0.3, 0.4) is 0 Å². The van der Waals surface area contributed by atoms with Gasteiger partial charge in [0.1, 0.15) is 0 Å². The quantitative estimate of drug-likeness (QED) is 0.532. The Morgan fingerprint density at radius 1 is 1.16 bits per heavy atom. The zero-order valence-corrected chi connectivity index (χ0v) is 13.5. The molecule has 0 aliphatic rings. The summed E-state index contributed by atoms with van der Waals surface area (Å²) in [7, 11) is 0. The summed E-state index contributed by atoms with van der Waals surface area (Å²) in [6, 6.07) is 10.5. The van der Waals surface area contributed by atoms with Crippen LogP contribution in [0.15, 0.2) is 55.0 Å². The van der Waals surface area contributed by atoms with E-state index in [1.54, 1.807) is 18.6 Å². The van der Waals surface area contributed by atoms with E-state index in [1.807, 2.05) is 43.3 Å². The van der Waals surface area contributed by atoms with E-state index in [1.165, 1.54) is 0 Å². The second kappa shape index (κ2) is 7.26. The normalized spacial score (nSPS) is 10.1. The number of anilines is 3. The van der Waals surface area contributed by atoms with Crippen molar-refractivity contribution >= 4 is 23.4 Å². The highest BCUT2D eigenvalue weighted by molar-refractivity contribution is 5.74. The van der Waals surface area contributed by atoms with E-state index in [0.717, 1.165) is 22.5 Å². The zero-order chi connectivity index (χ0) is 17.6. The molecule has 0 unspecified atom stereocenters. The first-order chi connectivity index (χ1) is 12.1. The molecule has 8 heteroatoms. The summed E-state index contributed by atoms with van der Waals surface area (Å²) in [6.07, 6.45) is 5.15. The summed E-state index contributed by atoms with van der Waals surface area (Å²) in [5.74, 6) is 0.462. The topological polar surface area (TPSA) is 118 Å². The van der Waals surface area contributed by atoms with Gasteiger partial charge in [-0.1, -0.05) is 6.07 Å². The number of rotatable bonds is 5. The van der Waals surface area contributed by atoms with Gasteiger partial charge in [-0.05, 0) is 42.8 Å². The summed E-state index contributed by atoms with van der Waals surface area (Å²) >= 11 is 0. The van der Waals surface area contributed by atoms with E-state index >= 15 is 0 Å². The van der Waals surface area contributed by atoms with Crippen LogP contribution in [0, 0.1) is 6.92 Å². The lowest BCUT2D eigenvalue weighted by Crippen LogP contribution is -2.34. The first kappa shape index (κ1) is 16.2. The first-order valence-corrected chi connectivity index (χ1v) is 7.54. The number of nitrogens with one attached hydrogen (secondary N) is 3. The Balaban J connectivity index is 1.82. The van der Waals surface area contributed by atoms with E-state index in [2.05, 4.69) is 31.1 Å². The monoisotopic (exact) mass is 335 g/mol. The predicted octanol–water partition coefficient (Wildman–Crippen LogP) is 2.59. The van der Waals surface area contributed by atoms with Crippen molar-refractivity contribution < 1.29 is 4.79 Å². The second-order valence-corrected chi connectivity index (χ2v) is 5.28. The van der Waals surface area contributed by atoms with Gasteiger partial charge >= 0.3 is 6.03 Å². The largest absolute Gasteiger partial charge is 0.350 e. The molecule has 126 valence electrons. The summed E-state index contributed by atoms with van der Waals surface area (Å²) in [4.78, 5) is 23.7. The van der Waals surface area contributed by atoms with Gasteiger partial charge < -0.3 is 11.1 Å². The van der Waals surface area contributed by atoms with Gasteiger partial charge in [-0.3, -0.25) is 15.8 Å². The van der Waals surface area contributed by atoms with Gasteiger partial charge in [0.2, 0.25) is 5.95 Å².